The van der Waals surface area contributed by atoms with Gasteiger partial charge in [0.25, 0.3) is 0 Å². The molecule has 1 saturated heterocycles. The van der Waals surface area contributed by atoms with Crippen molar-refractivity contribution in [1.82, 2.24) is 0 Å². The van der Waals surface area contributed by atoms with Gasteiger partial charge >= 0.3 is 0 Å². The molecule has 1 fully saturated rings. The Morgan fingerprint density at radius 1 is 1.19 bits per heavy atom. The Hall–Kier alpha value is -2.49. The molecule has 0 aromatic heterocycles. The lowest BCUT2D eigenvalue weighted by molar-refractivity contribution is -0.116. The molecule has 0 radical (unpaired) electrons. The lowest BCUT2D eigenvalue weighted by Crippen LogP contribution is -2.58. The third-order valence-electron chi connectivity index (χ3n) is 5.69. The quantitative estimate of drug-likeness (QED) is 0.659. The summed E-state index contributed by atoms with van der Waals surface area (Å²) in [7, 11) is 0. The summed E-state index contributed by atoms with van der Waals surface area (Å²) >= 11 is 5.65. The van der Waals surface area contributed by atoms with Crippen molar-refractivity contribution in [2.45, 2.75) is 31.0 Å². The predicted octanol–water partition coefficient (Wildman–Crippen LogP) is 3.02. The van der Waals surface area contributed by atoms with Crippen molar-refractivity contribution in [2.75, 3.05) is 29.9 Å². The standard InChI is InChI=1S/C21H20ClF3N2O4/c22-11-7-14(24)20(15(25)8-11)27-6-5-21(30,17(28)9-27)10-31-16-3-2-13(23)19-12(16)1-4-18(29)26-19/h2-3,7-8,17,28,30H,1,4-6,9-10H2,(H,26,29). The van der Waals surface area contributed by atoms with Gasteiger partial charge in [-0.3, -0.25) is 4.79 Å². The molecular weight excluding hydrogens is 437 g/mol. The minimum atomic E-state index is -1.69. The molecule has 2 aromatic carbocycles. The molecule has 2 heterocycles. The first-order valence-electron chi connectivity index (χ1n) is 9.72. The molecule has 1 amide bonds. The Morgan fingerprint density at radius 3 is 2.58 bits per heavy atom. The average Bonchev–Trinajstić information content (AvgIpc) is 2.70. The van der Waals surface area contributed by atoms with Gasteiger partial charge in [-0.15, -0.1) is 0 Å². The highest BCUT2D eigenvalue weighted by molar-refractivity contribution is 6.30. The number of nitrogens with zero attached hydrogens (tertiary/aromatic N) is 1. The minimum absolute atomic E-state index is 0.0320. The molecule has 4 rings (SSSR count). The van der Waals surface area contributed by atoms with Gasteiger partial charge < -0.3 is 25.2 Å². The summed E-state index contributed by atoms with van der Waals surface area (Å²) in [5, 5.41) is 23.8. The molecule has 6 nitrogen and oxygen atoms in total. The van der Waals surface area contributed by atoms with Crippen molar-refractivity contribution in [2.24, 2.45) is 0 Å². The van der Waals surface area contributed by atoms with Crippen LogP contribution in [0.2, 0.25) is 5.02 Å². The number of ether oxygens (including phenoxy) is 1. The van der Waals surface area contributed by atoms with Gasteiger partial charge in [0.05, 0.1) is 5.69 Å². The summed E-state index contributed by atoms with van der Waals surface area (Å²) in [4.78, 5) is 12.8. The number of amides is 1. The first kappa shape index (κ1) is 21.7. The van der Waals surface area contributed by atoms with E-state index in [-0.39, 0.29) is 67.0 Å². The van der Waals surface area contributed by atoms with Crippen LogP contribution in [0.4, 0.5) is 24.5 Å². The third-order valence-corrected chi connectivity index (χ3v) is 5.91. The molecule has 2 unspecified atom stereocenters. The highest BCUT2D eigenvalue weighted by atomic mass is 35.5. The molecule has 166 valence electrons. The monoisotopic (exact) mass is 456 g/mol. The van der Waals surface area contributed by atoms with E-state index in [9.17, 15) is 28.2 Å². The Balaban J connectivity index is 1.48. The Bertz CT molecular complexity index is 1010. The first-order valence-corrected chi connectivity index (χ1v) is 10.1. The lowest BCUT2D eigenvalue weighted by Gasteiger charge is -2.42. The van der Waals surface area contributed by atoms with Crippen LogP contribution in [0.1, 0.15) is 18.4 Å². The number of anilines is 2. The van der Waals surface area contributed by atoms with Crippen LogP contribution in [-0.2, 0) is 11.2 Å². The second-order valence-corrected chi connectivity index (χ2v) is 8.21. The summed E-state index contributed by atoms with van der Waals surface area (Å²) in [6.07, 6.45) is -0.951. The molecule has 0 aliphatic carbocycles. The van der Waals surface area contributed by atoms with E-state index in [1.807, 2.05) is 0 Å². The molecule has 31 heavy (non-hydrogen) atoms. The number of fused-ring (bicyclic) bond motifs is 1. The second-order valence-electron chi connectivity index (χ2n) is 7.77. The van der Waals surface area contributed by atoms with E-state index in [1.54, 1.807) is 0 Å². The third kappa shape index (κ3) is 4.17. The van der Waals surface area contributed by atoms with Gasteiger partial charge in [0.15, 0.2) is 11.6 Å². The summed E-state index contributed by atoms with van der Waals surface area (Å²) in [5.41, 5.74) is -1.49. The van der Waals surface area contributed by atoms with Crippen molar-refractivity contribution < 1.29 is 32.9 Å². The average molecular weight is 457 g/mol. The maximum Gasteiger partial charge on any atom is 0.224 e. The van der Waals surface area contributed by atoms with Gasteiger partial charge in [-0.05, 0) is 37.1 Å². The zero-order valence-corrected chi connectivity index (χ0v) is 17.1. The topological polar surface area (TPSA) is 82.0 Å². The van der Waals surface area contributed by atoms with Crippen LogP contribution in [0.15, 0.2) is 24.3 Å². The number of carbonyl (C=O) groups is 1. The number of aliphatic hydroxyl groups excluding tert-OH is 1. The number of hydrogen-bond acceptors (Lipinski definition) is 5. The first-order chi connectivity index (χ1) is 14.7. The van der Waals surface area contributed by atoms with Crippen molar-refractivity contribution in [3.63, 3.8) is 0 Å². The van der Waals surface area contributed by atoms with Crippen LogP contribution in [0, 0.1) is 17.5 Å². The highest BCUT2D eigenvalue weighted by Crippen LogP contribution is 2.36. The van der Waals surface area contributed by atoms with Crippen LogP contribution in [0.25, 0.3) is 0 Å². The van der Waals surface area contributed by atoms with Crippen LogP contribution < -0.4 is 15.0 Å². The number of β-amino-alcohol motifs (C(OH)–C–C–N with tert-alkyl or cyclic N) is 1. The van der Waals surface area contributed by atoms with E-state index >= 15 is 0 Å². The molecule has 10 heteroatoms. The molecule has 2 aromatic rings. The van der Waals surface area contributed by atoms with Gasteiger partial charge in [0.1, 0.15) is 35.6 Å². The van der Waals surface area contributed by atoms with Gasteiger partial charge in [0.2, 0.25) is 5.91 Å². The minimum Gasteiger partial charge on any atom is -0.490 e. The van der Waals surface area contributed by atoms with E-state index < -0.39 is 29.2 Å². The normalized spacial score (nSPS) is 23.4. The maximum absolute atomic E-state index is 14.2. The zero-order chi connectivity index (χ0) is 22.3. The lowest BCUT2D eigenvalue weighted by atomic mass is 9.89. The number of hydrogen-bond donors (Lipinski definition) is 3. The van der Waals surface area contributed by atoms with Crippen molar-refractivity contribution >= 4 is 28.9 Å². The Labute approximate surface area is 181 Å². The fourth-order valence-corrected chi connectivity index (χ4v) is 4.13. The number of carbonyl (C=O) groups excluding carboxylic acids is 1. The number of rotatable bonds is 4. The van der Waals surface area contributed by atoms with Crippen molar-refractivity contribution in [3.8, 4) is 5.75 Å². The molecule has 0 bridgehead atoms. The highest BCUT2D eigenvalue weighted by Gasteiger charge is 2.43. The number of halogens is 4. The van der Waals surface area contributed by atoms with Gasteiger partial charge in [-0.1, -0.05) is 11.6 Å². The van der Waals surface area contributed by atoms with Gasteiger partial charge in [-0.2, -0.15) is 0 Å². The molecule has 0 spiro atoms. The number of benzene rings is 2. The van der Waals surface area contributed by atoms with Gasteiger partial charge in [-0.25, -0.2) is 13.2 Å². The van der Waals surface area contributed by atoms with Crippen molar-refractivity contribution in [3.05, 3.63) is 52.3 Å². The van der Waals surface area contributed by atoms with E-state index in [0.717, 1.165) is 18.2 Å². The fourth-order valence-electron chi connectivity index (χ4n) is 3.94. The summed E-state index contributed by atoms with van der Waals surface area (Å²) in [6.45, 7) is -0.490. The van der Waals surface area contributed by atoms with Crippen LogP contribution in [0.5, 0.6) is 5.75 Å². The number of piperidine rings is 1. The maximum atomic E-state index is 14.2. The van der Waals surface area contributed by atoms with Crippen LogP contribution in [0.3, 0.4) is 0 Å². The Kier molecular flexibility index (Phi) is 5.76. The SMILES string of the molecule is O=C1CCc2c(OCC3(O)CCN(c4c(F)cc(Cl)cc4F)CC3O)ccc(F)c2N1. The van der Waals surface area contributed by atoms with E-state index in [0.29, 0.717) is 5.56 Å². The summed E-state index contributed by atoms with van der Waals surface area (Å²) in [6, 6.07) is 4.50. The smallest absolute Gasteiger partial charge is 0.224 e. The molecule has 2 aliphatic heterocycles. The second kappa shape index (κ2) is 8.22. The fraction of sp³-hybridized carbons (Fsp3) is 0.381. The molecule has 2 aliphatic rings. The van der Waals surface area contributed by atoms with E-state index in [1.165, 1.54) is 11.0 Å². The van der Waals surface area contributed by atoms with E-state index in [2.05, 4.69) is 5.32 Å². The predicted molar refractivity (Wildman–Crippen MR) is 108 cm³/mol. The van der Waals surface area contributed by atoms with E-state index in [4.69, 9.17) is 16.3 Å². The molecule has 3 N–H and O–H groups in total. The van der Waals surface area contributed by atoms with Crippen LogP contribution >= 0.6 is 11.6 Å². The Morgan fingerprint density at radius 2 is 1.90 bits per heavy atom. The number of nitrogens with one attached hydrogen (secondary N) is 1. The summed E-state index contributed by atoms with van der Waals surface area (Å²) in [5.74, 6) is -2.33. The summed E-state index contributed by atoms with van der Waals surface area (Å²) < 4.78 is 48.1. The largest absolute Gasteiger partial charge is 0.490 e. The molecule has 2 atom stereocenters. The van der Waals surface area contributed by atoms with Crippen molar-refractivity contribution in [1.29, 1.82) is 0 Å². The molecule has 0 saturated carbocycles. The van der Waals surface area contributed by atoms with Gasteiger partial charge in [0, 0.05) is 30.1 Å². The van der Waals surface area contributed by atoms with Crippen LogP contribution in [-0.4, -0.2) is 47.5 Å². The zero-order valence-electron chi connectivity index (χ0n) is 16.3. The molecular formula is C21H20ClF3N2O4. The number of aliphatic hydroxyl groups is 2.